The first kappa shape index (κ1) is 12.6. The van der Waals surface area contributed by atoms with Crippen LogP contribution in [0.1, 0.15) is 30.3 Å². The van der Waals surface area contributed by atoms with E-state index in [2.05, 4.69) is 22.2 Å². The van der Waals surface area contributed by atoms with E-state index in [-0.39, 0.29) is 6.10 Å². The molecule has 1 atom stereocenters. The second kappa shape index (κ2) is 5.00. The van der Waals surface area contributed by atoms with Crippen molar-refractivity contribution in [1.29, 1.82) is 0 Å². The van der Waals surface area contributed by atoms with E-state index in [1.807, 2.05) is 28.8 Å². The van der Waals surface area contributed by atoms with E-state index in [9.17, 15) is 0 Å². The van der Waals surface area contributed by atoms with Gasteiger partial charge in [-0.15, -0.1) is 10.2 Å². The summed E-state index contributed by atoms with van der Waals surface area (Å²) in [6, 6.07) is 7.68. The number of rotatable bonds is 3. The van der Waals surface area contributed by atoms with Gasteiger partial charge in [-0.1, -0.05) is 30.4 Å². The van der Waals surface area contributed by atoms with Crippen LogP contribution in [0, 0.1) is 0 Å². The first-order valence-electron chi connectivity index (χ1n) is 6.94. The Balaban J connectivity index is 1.65. The standard InChI is InChI=1S/C14H14N4O2S/c1-2-5-12-15-16-14-18(12)17-13(21-14)11-8-19-9-6-3-4-7-10(9)20-11/h3-4,6-7,11H,2,5,8H2,1H3/t11-/m0/s1. The summed E-state index contributed by atoms with van der Waals surface area (Å²) in [5.41, 5.74) is 0. The SMILES string of the molecule is CCCc1nnc2sc([C@@H]3COc4ccccc4O3)nn12. The topological polar surface area (TPSA) is 61.5 Å². The summed E-state index contributed by atoms with van der Waals surface area (Å²) >= 11 is 1.50. The van der Waals surface area contributed by atoms with E-state index in [1.54, 1.807) is 0 Å². The lowest BCUT2D eigenvalue weighted by Gasteiger charge is -2.24. The second-order valence-electron chi connectivity index (χ2n) is 4.87. The largest absolute Gasteiger partial charge is 0.485 e. The highest BCUT2D eigenvalue weighted by Gasteiger charge is 2.26. The van der Waals surface area contributed by atoms with Crippen LogP contribution < -0.4 is 9.47 Å². The van der Waals surface area contributed by atoms with Crippen molar-refractivity contribution in [3.05, 3.63) is 35.1 Å². The molecule has 0 unspecified atom stereocenters. The fourth-order valence-corrected chi connectivity index (χ4v) is 3.19. The van der Waals surface area contributed by atoms with Crippen molar-refractivity contribution < 1.29 is 9.47 Å². The molecule has 0 bridgehead atoms. The second-order valence-corrected chi connectivity index (χ2v) is 5.85. The Morgan fingerprint density at radius 1 is 1.29 bits per heavy atom. The summed E-state index contributed by atoms with van der Waals surface area (Å²) in [7, 11) is 0. The van der Waals surface area contributed by atoms with Gasteiger partial charge in [0, 0.05) is 6.42 Å². The molecule has 2 aromatic heterocycles. The van der Waals surface area contributed by atoms with Gasteiger partial charge in [0.1, 0.15) is 6.61 Å². The van der Waals surface area contributed by atoms with E-state index < -0.39 is 0 Å². The van der Waals surface area contributed by atoms with Gasteiger partial charge in [-0.25, -0.2) is 0 Å². The minimum Gasteiger partial charge on any atom is -0.485 e. The van der Waals surface area contributed by atoms with E-state index in [1.165, 1.54) is 11.3 Å². The fraction of sp³-hybridized carbons (Fsp3) is 0.357. The van der Waals surface area contributed by atoms with E-state index >= 15 is 0 Å². The predicted molar refractivity (Wildman–Crippen MR) is 78.0 cm³/mol. The Labute approximate surface area is 125 Å². The molecule has 3 aromatic rings. The van der Waals surface area contributed by atoms with Gasteiger partial charge in [-0.05, 0) is 18.6 Å². The maximum absolute atomic E-state index is 5.98. The third-order valence-electron chi connectivity index (χ3n) is 3.33. The minimum atomic E-state index is -0.193. The van der Waals surface area contributed by atoms with Gasteiger partial charge >= 0.3 is 0 Å². The third kappa shape index (κ3) is 2.13. The lowest BCUT2D eigenvalue weighted by Crippen LogP contribution is -2.21. The third-order valence-corrected chi connectivity index (χ3v) is 4.32. The summed E-state index contributed by atoms with van der Waals surface area (Å²) in [5, 5.41) is 13.8. The number of benzene rings is 1. The Morgan fingerprint density at radius 2 is 2.14 bits per heavy atom. The summed E-state index contributed by atoms with van der Waals surface area (Å²) in [5.74, 6) is 2.43. The average molecular weight is 302 g/mol. The Hall–Kier alpha value is -2.15. The molecule has 0 spiro atoms. The van der Waals surface area contributed by atoms with E-state index in [4.69, 9.17) is 9.47 Å². The molecule has 0 saturated carbocycles. The number of hydrogen-bond donors (Lipinski definition) is 0. The van der Waals surface area contributed by atoms with Gasteiger partial charge in [0.05, 0.1) is 0 Å². The van der Waals surface area contributed by atoms with E-state index in [0.29, 0.717) is 6.61 Å². The molecule has 4 rings (SSSR count). The summed E-state index contributed by atoms with van der Waals surface area (Å²) in [4.78, 5) is 0.802. The molecule has 0 amide bonds. The van der Waals surface area contributed by atoms with Crippen molar-refractivity contribution in [3.63, 3.8) is 0 Å². The smallest absolute Gasteiger partial charge is 0.234 e. The van der Waals surface area contributed by atoms with E-state index in [0.717, 1.165) is 40.1 Å². The molecule has 0 fully saturated rings. The normalized spacial score (nSPS) is 17.3. The molecule has 6 nitrogen and oxygen atoms in total. The van der Waals surface area contributed by atoms with Crippen LogP contribution in [0.4, 0.5) is 0 Å². The Bertz CT molecular complexity index is 782. The highest BCUT2D eigenvalue weighted by Crippen LogP contribution is 2.36. The average Bonchev–Trinajstić information content (AvgIpc) is 3.09. The highest BCUT2D eigenvalue weighted by molar-refractivity contribution is 7.16. The van der Waals surface area contributed by atoms with Crippen molar-refractivity contribution in [2.75, 3.05) is 6.61 Å². The van der Waals surface area contributed by atoms with Gasteiger partial charge in [0.15, 0.2) is 28.4 Å². The molecule has 7 heteroatoms. The van der Waals surface area contributed by atoms with Gasteiger partial charge in [0.2, 0.25) is 4.96 Å². The summed E-state index contributed by atoms with van der Waals surface area (Å²) < 4.78 is 13.5. The molecule has 1 aliphatic rings. The molecule has 108 valence electrons. The molecule has 3 heterocycles. The van der Waals surface area contributed by atoms with Gasteiger partial charge in [-0.2, -0.15) is 9.61 Å². The fourth-order valence-electron chi connectivity index (χ4n) is 2.32. The molecule has 0 radical (unpaired) electrons. The molecule has 0 saturated heterocycles. The zero-order valence-corrected chi connectivity index (χ0v) is 12.3. The van der Waals surface area contributed by atoms with Crippen LogP contribution in [0.25, 0.3) is 4.96 Å². The number of para-hydroxylation sites is 2. The first-order valence-corrected chi connectivity index (χ1v) is 7.76. The van der Waals surface area contributed by atoms with Crippen LogP contribution in [0.2, 0.25) is 0 Å². The minimum absolute atomic E-state index is 0.193. The maximum Gasteiger partial charge on any atom is 0.234 e. The summed E-state index contributed by atoms with van der Waals surface area (Å²) in [6.07, 6.45) is 1.69. The molecule has 0 N–H and O–H groups in total. The van der Waals surface area contributed by atoms with Crippen molar-refractivity contribution in [3.8, 4) is 11.5 Å². The molecule has 0 aliphatic carbocycles. The monoisotopic (exact) mass is 302 g/mol. The van der Waals surface area contributed by atoms with Crippen molar-refractivity contribution in [1.82, 2.24) is 19.8 Å². The van der Waals surface area contributed by atoms with Crippen molar-refractivity contribution in [2.24, 2.45) is 0 Å². The lowest BCUT2D eigenvalue weighted by atomic mass is 10.3. The molecule has 21 heavy (non-hydrogen) atoms. The molecular formula is C14H14N4O2S. The predicted octanol–water partition coefficient (Wildman–Crippen LogP) is 2.65. The Morgan fingerprint density at radius 3 is 3.00 bits per heavy atom. The van der Waals surface area contributed by atoms with Gasteiger partial charge in [0.25, 0.3) is 0 Å². The zero-order valence-electron chi connectivity index (χ0n) is 11.5. The van der Waals surface area contributed by atoms with Crippen molar-refractivity contribution >= 4 is 16.3 Å². The molecule has 1 aromatic carbocycles. The van der Waals surface area contributed by atoms with Gasteiger partial charge < -0.3 is 9.47 Å². The number of aromatic nitrogens is 4. The quantitative estimate of drug-likeness (QED) is 0.744. The van der Waals surface area contributed by atoms with Crippen LogP contribution in [0.3, 0.4) is 0 Å². The van der Waals surface area contributed by atoms with Crippen LogP contribution in [0.15, 0.2) is 24.3 Å². The lowest BCUT2D eigenvalue weighted by molar-refractivity contribution is 0.0904. The van der Waals surface area contributed by atoms with Crippen LogP contribution >= 0.6 is 11.3 Å². The van der Waals surface area contributed by atoms with Crippen LogP contribution in [-0.4, -0.2) is 26.4 Å². The number of ether oxygens (including phenoxy) is 2. The number of nitrogens with zero attached hydrogens (tertiary/aromatic N) is 4. The van der Waals surface area contributed by atoms with Gasteiger partial charge in [-0.3, -0.25) is 0 Å². The first-order chi connectivity index (χ1) is 10.3. The molecular weight excluding hydrogens is 288 g/mol. The summed E-state index contributed by atoms with van der Waals surface area (Å²) in [6.45, 7) is 2.58. The maximum atomic E-state index is 5.98. The van der Waals surface area contributed by atoms with Crippen molar-refractivity contribution in [2.45, 2.75) is 25.9 Å². The number of aryl methyl sites for hydroxylation is 1. The van der Waals surface area contributed by atoms with Crippen LogP contribution in [-0.2, 0) is 6.42 Å². The zero-order chi connectivity index (χ0) is 14.2. The number of hydrogen-bond acceptors (Lipinski definition) is 6. The Kier molecular flexibility index (Phi) is 2.99. The van der Waals surface area contributed by atoms with Crippen LogP contribution in [0.5, 0.6) is 11.5 Å². The molecule has 1 aliphatic heterocycles. The highest BCUT2D eigenvalue weighted by atomic mass is 32.1. The number of fused-ring (bicyclic) bond motifs is 2.